The third kappa shape index (κ3) is 4.44. The van der Waals surface area contributed by atoms with E-state index < -0.39 is 54.0 Å². The lowest BCUT2D eigenvalue weighted by Gasteiger charge is -2.59. The van der Waals surface area contributed by atoms with Crippen molar-refractivity contribution in [3.05, 3.63) is 0 Å². The molecule has 5 fully saturated rings. The van der Waals surface area contributed by atoms with Gasteiger partial charge in [-0.1, -0.05) is 13.8 Å². The summed E-state index contributed by atoms with van der Waals surface area (Å²) in [5, 5.41) is 20.8. The number of hydrogen-bond donors (Lipinski definition) is 3. The first-order valence-electron chi connectivity index (χ1n) is 12.1. The smallest absolute Gasteiger partial charge is 0.328 e. The van der Waals surface area contributed by atoms with E-state index in [0.29, 0.717) is 12.3 Å². The van der Waals surface area contributed by atoms with Crippen LogP contribution in [0.25, 0.3) is 0 Å². The molecule has 5 aliphatic rings. The number of hydrogen-bond acceptors (Lipinski definition) is 9. The average Bonchev–Trinajstić information content (AvgIpc) is 2.99. The Morgan fingerprint density at radius 2 is 1.85 bits per heavy atom. The number of aliphatic hydroxyl groups excluding tert-OH is 1. The highest BCUT2D eigenvalue weighted by Gasteiger charge is 2.69. The molecule has 0 aromatic heterocycles. The molecule has 5 rings (SSSR count). The summed E-state index contributed by atoms with van der Waals surface area (Å²) in [6.45, 7) is 7.24. The van der Waals surface area contributed by atoms with Crippen LogP contribution in [0.2, 0.25) is 0 Å². The van der Waals surface area contributed by atoms with Crippen LogP contribution in [-0.2, 0) is 38.4 Å². The zero-order valence-electron chi connectivity index (χ0n) is 20.0. The summed E-state index contributed by atoms with van der Waals surface area (Å²) in [6, 6.07) is -1.45. The predicted molar refractivity (Wildman–Crippen MR) is 113 cm³/mol. The fourth-order valence-corrected chi connectivity index (χ4v) is 6.05. The van der Waals surface area contributed by atoms with Crippen molar-refractivity contribution in [1.29, 1.82) is 0 Å². The summed E-state index contributed by atoms with van der Waals surface area (Å²) in [6.07, 6.45) is 0.00572. The van der Waals surface area contributed by atoms with Gasteiger partial charge in [0.25, 0.3) is 0 Å². The number of carboxylic acids is 1. The van der Waals surface area contributed by atoms with E-state index in [2.05, 4.69) is 12.2 Å². The number of carboxylic acid groups (broad SMARTS) is 1. The normalized spacial score (nSPS) is 42.6. The van der Waals surface area contributed by atoms with E-state index >= 15 is 0 Å². The van der Waals surface area contributed by atoms with Crippen molar-refractivity contribution >= 4 is 17.8 Å². The second-order valence-corrected chi connectivity index (χ2v) is 10.4. The lowest BCUT2D eigenvalue weighted by molar-refractivity contribution is -0.576. The minimum atomic E-state index is -1.45. The summed E-state index contributed by atoms with van der Waals surface area (Å²) in [4.78, 5) is 47.6. The van der Waals surface area contributed by atoms with Crippen LogP contribution in [0.1, 0.15) is 66.2 Å². The third-order valence-corrected chi connectivity index (χ3v) is 7.97. The molecule has 0 aromatic carbocycles. The van der Waals surface area contributed by atoms with Gasteiger partial charge in [-0.15, -0.1) is 0 Å². The summed E-state index contributed by atoms with van der Waals surface area (Å²) >= 11 is 0. The topological polar surface area (TPSA) is 150 Å². The van der Waals surface area contributed by atoms with E-state index in [9.17, 15) is 19.5 Å². The van der Waals surface area contributed by atoms with E-state index in [0.717, 1.165) is 19.3 Å². The molecule has 4 saturated heterocycles. The monoisotopic (exact) mass is 485 g/mol. The Morgan fingerprint density at radius 3 is 2.53 bits per heavy atom. The molecular weight excluding hydrogens is 450 g/mol. The molecule has 10 atom stereocenters. The number of ether oxygens (including phenoxy) is 3. The molecular formula is C23H35NO10. The number of carbonyl (C=O) groups is 3. The van der Waals surface area contributed by atoms with Crippen LogP contribution >= 0.6 is 0 Å². The van der Waals surface area contributed by atoms with E-state index in [1.54, 1.807) is 0 Å². The highest BCUT2D eigenvalue weighted by molar-refractivity contribution is 5.86. The van der Waals surface area contributed by atoms with Crippen LogP contribution in [-0.4, -0.2) is 64.2 Å². The van der Waals surface area contributed by atoms with E-state index in [1.807, 2.05) is 13.8 Å². The molecule has 0 aromatic rings. The number of fused-ring (bicyclic) bond motifs is 2. The minimum absolute atomic E-state index is 0.00133. The van der Waals surface area contributed by atoms with E-state index in [-0.39, 0.29) is 30.6 Å². The largest absolute Gasteiger partial charge is 0.480 e. The van der Waals surface area contributed by atoms with Crippen LogP contribution in [0.5, 0.6) is 0 Å². The SMILES string of the molecule is C[C@H]1[C@H](OC(=O)CCC(=O)N[C@H](C(=O)O)[C@H](C)O)O[C@@H]2O[C@]3(C)CC[C@H]4[C@H](C)CC[C@@H]1[C@@]24OO3. The van der Waals surface area contributed by atoms with Crippen LogP contribution < -0.4 is 5.32 Å². The van der Waals surface area contributed by atoms with Gasteiger partial charge < -0.3 is 29.7 Å². The molecule has 192 valence electrons. The maximum Gasteiger partial charge on any atom is 0.328 e. The molecule has 0 unspecified atom stereocenters. The molecule has 11 nitrogen and oxygen atoms in total. The lowest BCUT2D eigenvalue weighted by Crippen LogP contribution is -2.70. The van der Waals surface area contributed by atoms with Gasteiger partial charge in [0.1, 0.15) is 0 Å². The summed E-state index contributed by atoms with van der Waals surface area (Å²) in [7, 11) is 0. The van der Waals surface area contributed by atoms with Crippen molar-refractivity contribution in [1.82, 2.24) is 5.32 Å². The molecule has 0 radical (unpaired) electrons. The van der Waals surface area contributed by atoms with Crippen molar-refractivity contribution in [2.24, 2.45) is 23.7 Å². The molecule has 1 saturated carbocycles. The van der Waals surface area contributed by atoms with Crippen LogP contribution in [0.4, 0.5) is 0 Å². The number of nitrogens with one attached hydrogen (secondary N) is 1. The number of aliphatic carboxylic acids is 1. The highest BCUT2D eigenvalue weighted by atomic mass is 17.3. The Bertz CT molecular complexity index is 820. The molecule has 3 N–H and O–H groups in total. The standard InChI is InChI=1S/C23H35NO10/c1-11-5-6-15-12(2)20(30-17(27)8-7-16(26)24-18(13(3)25)19(28)29)31-21-23(15)14(11)9-10-22(4,32-21)33-34-23/h11-15,18,20-21,25H,5-10H2,1-4H3,(H,24,26)(H,28,29)/t11-,12-,13+,14+,15+,18+,20-,21-,22+,23-/m1/s1. The van der Waals surface area contributed by atoms with Gasteiger partial charge in [0.15, 0.2) is 17.9 Å². The Kier molecular flexibility index (Phi) is 6.96. The number of amides is 1. The number of rotatable bonds is 7. The Balaban J connectivity index is 1.40. The van der Waals surface area contributed by atoms with Crippen molar-refractivity contribution < 1.29 is 48.6 Å². The Morgan fingerprint density at radius 1 is 1.12 bits per heavy atom. The first-order valence-corrected chi connectivity index (χ1v) is 12.1. The van der Waals surface area contributed by atoms with Gasteiger partial charge in [-0.25, -0.2) is 14.6 Å². The third-order valence-electron chi connectivity index (χ3n) is 7.97. The number of esters is 1. The van der Waals surface area contributed by atoms with Crippen molar-refractivity contribution in [2.75, 3.05) is 0 Å². The van der Waals surface area contributed by atoms with Crippen LogP contribution in [0, 0.1) is 23.7 Å². The fourth-order valence-electron chi connectivity index (χ4n) is 6.05. The number of carbonyl (C=O) groups excluding carboxylic acids is 2. The van der Waals surface area contributed by atoms with Gasteiger partial charge in [0.2, 0.25) is 18.0 Å². The second-order valence-electron chi connectivity index (χ2n) is 10.4. The van der Waals surface area contributed by atoms with Crippen molar-refractivity contribution in [2.45, 2.75) is 102 Å². The van der Waals surface area contributed by atoms with Gasteiger partial charge >= 0.3 is 11.9 Å². The molecule has 1 amide bonds. The zero-order valence-corrected chi connectivity index (χ0v) is 20.0. The summed E-state index contributed by atoms with van der Waals surface area (Å²) in [5.74, 6) is -3.19. The second kappa shape index (κ2) is 9.34. The van der Waals surface area contributed by atoms with Crippen molar-refractivity contribution in [3.8, 4) is 0 Å². The summed E-state index contributed by atoms with van der Waals surface area (Å²) < 4.78 is 18.0. The molecule has 2 bridgehead atoms. The summed E-state index contributed by atoms with van der Waals surface area (Å²) in [5.41, 5.74) is -0.761. The minimum Gasteiger partial charge on any atom is -0.480 e. The molecule has 4 heterocycles. The van der Waals surface area contributed by atoms with Gasteiger partial charge in [0.05, 0.1) is 12.5 Å². The fraction of sp³-hybridized carbons (Fsp3) is 0.870. The predicted octanol–water partition coefficient (Wildman–Crippen LogP) is 1.47. The average molecular weight is 486 g/mol. The van der Waals surface area contributed by atoms with Crippen LogP contribution in [0.15, 0.2) is 0 Å². The lowest BCUT2D eigenvalue weighted by atomic mass is 9.58. The molecule has 11 heteroatoms. The first kappa shape index (κ1) is 25.3. The van der Waals surface area contributed by atoms with Crippen LogP contribution in [0.3, 0.4) is 0 Å². The zero-order chi connectivity index (χ0) is 24.8. The van der Waals surface area contributed by atoms with Gasteiger partial charge in [-0.2, -0.15) is 0 Å². The van der Waals surface area contributed by atoms with Gasteiger partial charge in [-0.05, 0) is 44.9 Å². The molecule has 1 aliphatic carbocycles. The first-order chi connectivity index (χ1) is 16.0. The van der Waals surface area contributed by atoms with E-state index in [4.69, 9.17) is 29.1 Å². The Hall–Kier alpha value is -1.79. The number of aliphatic hydroxyl groups is 1. The van der Waals surface area contributed by atoms with Gasteiger partial charge in [-0.3, -0.25) is 9.59 Å². The maximum absolute atomic E-state index is 12.5. The highest BCUT2D eigenvalue weighted by Crippen LogP contribution is 2.60. The van der Waals surface area contributed by atoms with Crippen molar-refractivity contribution in [3.63, 3.8) is 0 Å². The molecule has 34 heavy (non-hydrogen) atoms. The molecule has 4 aliphatic heterocycles. The maximum atomic E-state index is 12.5. The Labute approximate surface area is 198 Å². The van der Waals surface area contributed by atoms with Gasteiger partial charge in [0, 0.05) is 24.7 Å². The molecule has 1 spiro atoms. The van der Waals surface area contributed by atoms with E-state index in [1.165, 1.54) is 6.92 Å². The quantitative estimate of drug-likeness (QED) is 0.357.